The maximum absolute atomic E-state index is 11.9. The number of ether oxygens (including phenoxy) is 2. The van der Waals surface area contributed by atoms with Crippen molar-refractivity contribution in [3.8, 4) is 0 Å². The van der Waals surface area contributed by atoms with Gasteiger partial charge in [-0.15, -0.1) is 0 Å². The van der Waals surface area contributed by atoms with Crippen molar-refractivity contribution in [2.75, 3.05) is 27.4 Å². The van der Waals surface area contributed by atoms with Gasteiger partial charge in [-0.25, -0.2) is 0 Å². The Bertz CT molecular complexity index is 267. The first-order valence-electron chi connectivity index (χ1n) is 6.04. The van der Waals surface area contributed by atoms with E-state index in [-0.39, 0.29) is 17.9 Å². The minimum Gasteiger partial charge on any atom is -0.469 e. The zero-order chi connectivity index (χ0) is 12.7. The van der Waals surface area contributed by atoms with Gasteiger partial charge in [0.2, 0.25) is 5.91 Å². The summed E-state index contributed by atoms with van der Waals surface area (Å²) in [6, 6.07) is 0.214. The van der Waals surface area contributed by atoms with E-state index in [2.05, 4.69) is 4.74 Å². The SMILES string of the molecule is COC[C@@H]1CCCN1C(=O)CCCC(=O)OC. The van der Waals surface area contributed by atoms with Crippen LogP contribution in [0, 0.1) is 0 Å². The van der Waals surface area contributed by atoms with Gasteiger partial charge in [-0.3, -0.25) is 9.59 Å². The van der Waals surface area contributed by atoms with Gasteiger partial charge in [0, 0.05) is 26.5 Å². The second-order valence-corrected chi connectivity index (χ2v) is 4.27. The standard InChI is InChI=1S/C12H21NO4/c1-16-9-10-5-4-8-13(10)11(14)6-3-7-12(15)17-2/h10H,3-9H2,1-2H3/t10-/m0/s1. The second-order valence-electron chi connectivity index (χ2n) is 4.27. The molecule has 5 nitrogen and oxygen atoms in total. The monoisotopic (exact) mass is 243 g/mol. The number of hydrogen-bond donors (Lipinski definition) is 0. The number of carbonyl (C=O) groups excluding carboxylic acids is 2. The van der Waals surface area contributed by atoms with E-state index in [1.807, 2.05) is 4.90 Å². The zero-order valence-corrected chi connectivity index (χ0v) is 10.6. The average molecular weight is 243 g/mol. The fraction of sp³-hybridized carbons (Fsp3) is 0.833. The Morgan fingerprint density at radius 3 is 2.71 bits per heavy atom. The van der Waals surface area contributed by atoms with Crippen molar-refractivity contribution in [1.82, 2.24) is 4.90 Å². The van der Waals surface area contributed by atoms with E-state index in [0.29, 0.717) is 25.9 Å². The summed E-state index contributed by atoms with van der Waals surface area (Å²) in [4.78, 5) is 24.7. The number of amides is 1. The lowest BCUT2D eigenvalue weighted by Gasteiger charge is -2.24. The molecule has 0 N–H and O–H groups in total. The number of nitrogens with zero attached hydrogens (tertiary/aromatic N) is 1. The van der Waals surface area contributed by atoms with Crippen LogP contribution in [0.5, 0.6) is 0 Å². The smallest absolute Gasteiger partial charge is 0.305 e. The number of methoxy groups -OCH3 is 2. The van der Waals surface area contributed by atoms with Crippen LogP contribution in [0.1, 0.15) is 32.1 Å². The quantitative estimate of drug-likeness (QED) is 0.652. The third kappa shape index (κ3) is 4.34. The highest BCUT2D eigenvalue weighted by atomic mass is 16.5. The summed E-state index contributed by atoms with van der Waals surface area (Å²) in [5.41, 5.74) is 0. The molecule has 0 bridgehead atoms. The molecular formula is C12H21NO4. The first kappa shape index (κ1) is 14.0. The second kappa shape index (κ2) is 7.27. The van der Waals surface area contributed by atoms with Gasteiger partial charge in [0.1, 0.15) is 0 Å². The van der Waals surface area contributed by atoms with E-state index >= 15 is 0 Å². The summed E-state index contributed by atoms with van der Waals surface area (Å²) in [7, 11) is 3.01. The van der Waals surface area contributed by atoms with Crippen LogP contribution in [-0.2, 0) is 19.1 Å². The summed E-state index contributed by atoms with van der Waals surface area (Å²) in [5.74, 6) is -0.138. The molecule has 17 heavy (non-hydrogen) atoms. The summed E-state index contributed by atoms with van der Waals surface area (Å²) in [5, 5.41) is 0. The third-order valence-electron chi connectivity index (χ3n) is 3.06. The maximum Gasteiger partial charge on any atom is 0.305 e. The van der Waals surface area contributed by atoms with Crippen LogP contribution < -0.4 is 0 Å². The normalized spacial score (nSPS) is 19.4. The van der Waals surface area contributed by atoms with Gasteiger partial charge in [-0.05, 0) is 19.3 Å². The van der Waals surface area contributed by atoms with Crippen LogP contribution in [0.15, 0.2) is 0 Å². The van der Waals surface area contributed by atoms with Crippen molar-refractivity contribution in [3.63, 3.8) is 0 Å². The molecule has 0 radical (unpaired) electrons. The Hall–Kier alpha value is -1.10. The first-order chi connectivity index (χ1) is 8.19. The minimum absolute atomic E-state index is 0.119. The molecule has 0 aliphatic carbocycles. The van der Waals surface area contributed by atoms with Crippen molar-refractivity contribution < 1.29 is 19.1 Å². The van der Waals surface area contributed by atoms with Gasteiger partial charge in [-0.1, -0.05) is 0 Å². The lowest BCUT2D eigenvalue weighted by atomic mass is 10.2. The fourth-order valence-corrected chi connectivity index (χ4v) is 2.16. The molecule has 98 valence electrons. The molecular weight excluding hydrogens is 222 g/mol. The van der Waals surface area contributed by atoms with E-state index in [1.54, 1.807) is 7.11 Å². The van der Waals surface area contributed by atoms with Gasteiger partial charge < -0.3 is 14.4 Å². The zero-order valence-electron chi connectivity index (χ0n) is 10.6. The van der Waals surface area contributed by atoms with Crippen molar-refractivity contribution in [3.05, 3.63) is 0 Å². The van der Waals surface area contributed by atoms with Crippen molar-refractivity contribution >= 4 is 11.9 Å². The molecule has 1 rings (SSSR count). The Balaban J connectivity index is 2.29. The molecule has 1 fully saturated rings. The van der Waals surface area contributed by atoms with Gasteiger partial charge in [-0.2, -0.15) is 0 Å². The predicted molar refractivity (Wildman–Crippen MR) is 62.5 cm³/mol. The number of likely N-dealkylation sites (tertiary alicyclic amines) is 1. The Morgan fingerprint density at radius 2 is 2.06 bits per heavy atom. The molecule has 1 heterocycles. The van der Waals surface area contributed by atoms with E-state index in [9.17, 15) is 9.59 Å². The lowest BCUT2D eigenvalue weighted by Crippen LogP contribution is -2.38. The van der Waals surface area contributed by atoms with Crippen LogP contribution in [0.3, 0.4) is 0 Å². The Morgan fingerprint density at radius 1 is 1.29 bits per heavy atom. The predicted octanol–water partition coefficient (Wildman–Crippen LogP) is 0.967. The lowest BCUT2D eigenvalue weighted by molar-refractivity contribution is -0.141. The van der Waals surface area contributed by atoms with Crippen LogP contribution in [0.2, 0.25) is 0 Å². The molecule has 1 aliphatic heterocycles. The first-order valence-corrected chi connectivity index (χ1v) is 6.04. The highest BCUT2D eigenvalue weighted by molar-refractivity contribution is 5.77. The van der Waals surface area contributed by atoms with E-state index in [0.717, 1.165) is 19.4 Å². The van der Waals surface area contributed by atoms with Crippen LogP contribution in [0.4, 0.5) is 0 Å². The number of hydrogen-bond acceptors (Lipinski definition) is 4. The largest absolute Gasteiger partial charge is 0.469 e. The summed E-state index contributed by atoms with van der Waals surface area (Å²) < 4.78 is 9.63. The van der Waals surface area contributed by atoms with Gasteiger partial charge in [0.15, 0.2) is 0 Å². The minimum atomic E-state index is -0.257. The molecule has 0 unspecified atom stereocenters. The molecule has 0 aromatic carbocycles. The van der Waals surface area contributed by atoms with E-state index in [1.165, 1.54) is 7.11 Å². The average Bonchev–Trinajstić information content (AvgIpc) is 2.77. The number of esters is 1. The molecule has 0 aromatic heterocycles. The molecule has 0 saturated carbocycles. The molecule has 1 aliphatic rings. The van der Waals surface area contributed by atoms with Crippen molar-refractivity contribution in [2.24, 2.45) is 0 Å². The molecule has 5 heteroatoms. The van der Waals surface area contributed by atoms with Gasteiger partial charge >= 0.3 is 5.97 Å². The fourth-order valence-electron chi connectivity index (χ4n) is 2.16. The van der Waals surface area contributed by atoms with Crippen molar-refractivity contribution in [2.45, 2.75) is 38.1 Å². The molecule has 1 atom stereocenters. The Kier molecular flexibility index (Phi) is 5.97. The van der Waals surface area contributed by atoms with E-state index < -0.39 is 0 Å². The highest BCUT2D eigenvalue weighted by Crippen LogP contribution is 2.19. The summed E-state index contributed by atoms with van der Waals surface area (Å²) >= 11 is 0. The number of carbonyl (C=O) groups is 2. The summed E-state index contributed by atoms with van der Waals surface area (Å²) in [6.07, 6.45) is 3.33. The summed E-state index contributed by atoms with van der Waals surface area (Å²) in [6.45, 7) is 1.41. The molecule has 1 saturated heterocycles. The maximum atomic E-state index is 11.9. The highest BCUT2D eigenvalue weighted by Gasteiger charge is 2.27. The van der Waals surface area contributed by atoms with Gasteiger partial charge in [0.25, 0.3) is 0 Å². The third-order valence-corrected chi connectivity index (χ3v) is 3.06. The molecule has 0 aromatic rings. The van der Waals surface area contributed by atoms with Gasteiger partial charge in [0.05, 0.1) is 19.8 Å². The number of rotatable bonds is 6. The van der Waals surface area contributed by atoms with Crippen LogP contribution in [0.25, 0.3) is 0 Å². The Labute approximate surface area is 102 Å². The topological polar surface area (TPSA) is 55.8 Å². The molecule has 1 amide bonds. The van der Waals surface area contributed by atoms with Crippen LogP contribution >= 0.6 is 0 Å². The van der Waals surface area contributed by atoms with Crippen molar-refractivity contribution in [1.29, 1.82) is 0 Å². The molecule has 0 spiro atoms. The van der Waals surface area contributed by atoms with E-state index in [4.69, 9.17) is 4.74 Å². The van der Waals surface area contributed by atoms with Crippen LogP contribution in [-0.4, -0.2) is 50.2 Å².